The second kappa shape index (κ2) is 10.8. The van der Waals surface area contributed by atoms with Crippen molar-refractivity contribution in [1.29, 1.82) is 0 Å². The number of amides is 1. The summed E-state index contributed by atoms with van der Waals surface area (Å²) in [5.41, 5.74) is -8.36. The first-order valence-corrected chi connectivity index (χ1v) is 14.6. The lowest BCUT2D eigenvalue weighted by molar-refractivity contribution is -0.384. The van der Waals surface area contributed by atoms with Crippen molar-refractivity contribution >= 4 is 23.3 Å². The molecule has 4 aliphatic carbocycles. The molecule has 5 unspecified atom stereocenters. The maximum Gasteiger partial charge on any atom is 0.339 e. The number of hydrogen-bond acceptors (Lipinski definition) is 9. The number of ketones is 1. The van der Waals surface area contributed by atoms with E-state index in [4.69, 9.17) is 4.74 Å². The average molecular weight is 619 g/mol. The Balaban J connectivity index is 1.62. The second-order valence-corrected chi connectivity index (χ2v) is 13.0. The van der Waals surface area contributed by atoms with Gasteiger partial charge in [-0.15, -0.1) is 0 Å². The molecule has 0 bridgehead atoms. The number of carbonyl (C=O) groups is 3. The number of benzene rings is 1. The zero-order chi connectivity index (χ0) is 32.4. The standard InChI is InChI=1S/C31H36F2N2O9/c1-16-9-21-22-12-24(32)23-11-19(37)7-8-28(23,2)30(22,33)25(39)13-29(21,3)31(16,27(41)34-14-20(38)15-36)44-26(40)17-5-4-6-18(10-17)35(42)43/h4-8,10-11,16,20-22,24-25,36,38-39H,9,12-15H2,1-3H3,(H,34,41)/t16-,20?,21+,22?,24+,25?,28?,29+,30?,31+/m1/s1. The maximum absolute atomic E-state index is 17.6. The Morgan fingerprint density at radius 1 is 1.25 bits per heavy atom. The van der Waals surface area contributed by atoms with Crippen LogP contribution in [0.15, 0.2) is 48.1 Å². The molecule has 0 spiro atoms. The van der Waals surface area contributed by atoms with Gasteiger partial charge in [-0.25, -0.2) is 13.6 Å². The molecule has 11 nitrogen and oxygen atoms in total. The highest BCUT2D eigenvalue weighted by Crippen LogP contribution is 2.71. The van der Waals surface area contributed by atoms with Gasteiger partial charge in [0, 0.05) is 41.3 Å². The normalized spacial score (nSPS) is 39.8. The molecule has 44 heavy (non-hydrogen) atoms. The van der Waals surface area contributed by atoms with Crippen LogP contribution in [-0.2, 0) is 14.3 Å². The summed E-state index contributed by atoms with van der Waals surface area (Å²) < 4.78 is 39.5. The van der Waals surface area contributed by atoms with Crippen molar-refractivity contribution in [3.63, 3.8) is 0 Å². The van der Waals surface area contributed by atoms with E-state index in [-0.39, 0.29) is 24.0 Å². The summed E-state index contributed by atoms with van der Waals surface area (Å²) in [6.45, 7) is 3.54. The van der Waals surface area contributed by atoms with Crippen molar-refractivity contribution in [1.82, 2.24) is 5.32 Å². The number of hydrogen-bond donors (Lipinski definition) is 4. The van der Waals surface area contributed by atoms with Gasteiger partial charge in [0.15, 0.2) is 17.1 Å². The molecule has 1 amide bonds. The second-order valence-electron chi connectivity index (χ2n) is 13.0. The summed E-state index contributed by atoms with van der Waals surface area (Å²) in [7, 11) is 0. The predicted octanol–water partition coefficient (Wildman–Crippen LogP) is 2.52. The molecule has 4 N–H and O–H groups in total. The Morgan fingerprint density at radius 2 is 1.95 bits per heavy atom. The minimum atomic E-state index is -2.44. The summed E-state index contributed by atoms with van der Waals surface area (Å²) in [5, 5.41) is 44.8. The van der Waals surface area contributed by atoms with Crippen LogP contribution in [0.3, 0.4) is 0 Å². The van der Waals surface area contributed by atoms with E-state index in [2.05, 4.69) is 5.32 Å². The van der Waals surface area contributed by atoms with E-state index in [1.807, 2.05) is 0 Å². The van der Waals surface area contributed by atoms with Gasteiger partial charge in [0.05, 0.1) is 29.3 Å². The zero-order valence-electron chi connectivity index (χ0n) is 24.5. The SMILES string of the molecule is C[C@@H]1C[C@H]2C3C[C@H](F)C4=CC(=O)C=CC4(C)C3(F)C(O)C[C@]2(C)[C@@]1(OC(=O)c1cccc([N+](=O)[O-])c1)C(=O)NCC(O)CO. The lowest BCUT2D eigenvalue weighted by atomic mass is 9.44. The number of aliphatic hydroxyl groups excluding tert-OH is 3. The first kappa shape index (κ1) is 31.9. The van der Waals surface area contributed by atoms with Crippen molar-refractivity contribution in [3.05, 3.63) is 63.7 Å². The number of fused-ring (bicyclic) bond motifs is 5. The molecule has 0 heterocycles. The number of nitro benzene ring substituents is 1. The van der Waals surface area contributed by atoms with Crippen LogP contribution in [0.2, 0.25) is 0 Å². The Kier molecular flexibility index (Phi) is 7.83. The van der Waals surface area contributed by atoms with Crippen LogP contribution in [0.1, 0.15) is 50.4 Å². The van der Waals surface area contributed by atoms with Gasteiger partial charge >= 0.3 is 5.97 Å². The molecule has 0 saturated heterocycles. The molecule has 5 rings (SSSR count). The highest BCUT2D eigenvalue weighted by molar-refractivity contribution is 6.01. The summed E-state index contributed by atoms with van der Waals surface area (Å²) >= 11 is 0. The molecule has 0 aliphatic heterocycles. The summed E-state index contributed by atoms with van der Waals surface area (Å²) in [6, 6.07) is 4.72. The van der Waals surface area contributed by atoms with Gasteiger partial charge in [0.25, 0.3) is 11.6 Å². The van der Waals surface area contributed by atoms with Crippen molar-refractivity contribution < 1.29 is 48.1 Å². The molecule has 1 aromatic rings. The van der Waals surface area contributed by atoms with Gasteiger partial charge in [-0.3, -0.25) is 19.7 Å². The van der Waals surface area contributed by atoms with Crippen LogP contribution in [0.5, 0.6) is 0 Å². The number of esters is 1. The van der Waals surface area contributed by atoms with E-state index in [0.717, 1.165) is 18.2 Å². The van der Waals surface area contributed by atoms with E-state index in [9.17, 15) is 39.8 Å². The minimum Gasteiger partial charge on any atom is -0.444 e. The van der Waals surface area contributed by atoms with E-state index in [1.54, 1.807) is 13.8 Å². The van der Waals surface area contributed by atoms with Gasteiger partial charge < -0.3 is 25.4 Å². The molecule has 4 aliphatic rings. The third-order valence-corrected chi connectivity index (χ3v) is 10.8. The third-order valence-electron chi connectivity index (χ3n) is 10.8. The number of alkyl halides is 2. The summed E-state index contributed by atoms with van der Waals surface area (Å²) in [5.74, 6) is -5.23. The number of aliphatic hydroxyl groups is 3. The van der Waals surface area contributed by atoms with Crippen LogP contribution in [0, 0.1) is 38.7 Å². The number of non-ortho nitro benzene ring substituents is 1. The fraction of sp³-hybridized carbons (Fsp3) is 0.581. The predicted molar refractivity (Wildman–Crippen MR) is 151 cm³/mol. The van der Waals surface area contributed by atoms with Crippen LogP contribution in [0.4, 0.5) is 14.5 Å². The monoisotopic (exact) mass is 618 g/mol. The Hall–Kier alpha value is -3.55. The third kappa shape index (κ3) is 4.34. The van der Waals surface area contributed by atoms with Crippen molar-refractivity contribution in [2.75, 3.05) is 13.2 Å². The number of carbonyl (C=O) groups excluding carboxylic acids is 3. The number of rotatable bonds is 7. The average Bonchev–Trinajstić information content (AvgIpc) is 3.20. The van der Waals surface area contributed by atoms with E-state index in [1.165, 1.54) is 31.2 Å². The van der Waals surface area contributed by atoms with Crippen LogP contribution < -0.4 is 5.32 Å². The number of nitrogens with one attached hydrogen (secondary N) is 1. The molecule has 0 aromatic heterocycles. The zero-order valence-corrected chi connectivity index (χ0v) is 24.5. The van der Waals surface area contributed by atoms with E-state index < -0.39 is 106 Å². The van der Waals surface area contributed by atoms with E-state index in [0.29, 0.717) is 0 Å². The smallest absolute Gasteiger partial charge is 0.339 e. The lowest BCUT2D eigenvalue weighted by Gasteiger charge is -2.63. The molecule has 3 saturated carbocycles. The molecule has 1 aromatic carbocycles. The lowest BCUT2D eigenvalue weighted by Crippen LogP contribution is -2.71. The molecular weight excluding hydrogens is 582 g/mol. The fourth-order valence-corrected chi connectivity index (χ4v) is 8.63. The number of nitro groups is 1. The highest BCUT2D eigenvalue weighted by atomic mass is 19.1. The van der Waals surface area contributed by atoms with Crippen LogP contribution in [0.25, 0.3) is 0 Å². The first-order valence-electron chi connectivity index (χ1n) is 14.6. The highest BCUT2D eigenvalue weighted by Gasteiger charge is 2.78. The number of ether oxygens (including phenoxy) is 1. The van der Waals surface area contributed by atoms with Crippen LogP contribution in [-0.4, -0.2) is 80.7 Å². The minimum absolute atomic E-state index is 0.0588. The van der Waals surface area contributed by atoms with Gasteiger partial charge in [0.2, 0.25) is 0 Å². The van der Waals surface area contributed by atoms with E-state index >= 15 is 8.78 Å². The molecule has 13 heteroatoms. The van der Waals surface area contributed by atoms with Crippen molar-refractivity contribution in [2.45, 2.75) is 69.7 Å². The summed E-state index contributed by atoms with van der Waals surface area (Å²) in [4.78, 5) is 50.5. The van der Waals surface area contributed by atoms with Crippen molar-refractivity contribution in [2.24, 2.45) is 28.6 Å². The number of allylic oxidation sites excluding steroid dienone is 4. The Morgan fingerprint density at radius 3 is 2.61 bits per heavy atom. The largest absolute Gasteiger partial charge is 0.444 e. The van der Waals surface area contributed by atoms with Crippen molar-refractivity contribution in [3.8, 4) is 0 Å². The van der Waals surface area contributed by atoms with Gasteiger partial charge in [-0.1, -0.05) is 26.0 Å². The van der Waals surface area contributed by atoms with Crippen LogP contribution >= 0.6 is 0 Å². The molecular formula is C31H36F2N2O9. The van der Waals surface area contributed by atoms with Gasteiger partial charge in [-0.05, 0) is 55.9 Å². The Bertz CT molecular complexity index is 1470. The number of halogens is 2. The topological polar surface area (TPSA) is 176 Å². The molecule has 3 fully saturated rings. The maximum atomic E-state index is 17.6. The fourth-order valence-electron chi connectivity index (χ4n) is 8.63. The first-order chi connectivity index (χ1) is 20.6. The molecule has 0 radical (unpaired) electrons. The van der Waals surface area contributed by atoms with Gasteiger partial charge in [-0.2, -0.15) is 0 Å². The van der Waals surface area contributed by atoms with Gasteiger partial charge in [0.1, 0.15) is 6.17 Å². The number of nitrogens with zero attached hydrogens (tertiary/aromatic N) is 1. The Labute approximate surface area is 252 Å². The molecule has 238 valence electrons. The quantitative estimate of drug-likeness (QED) is 0.203. The molecule has 10 atom stereocenters. The summed E-state index contributed by atoms with van der Waals surface area (Å²) in [6.07, 6.45) is -2.02.